The molecule has 2 unspecified atom stereocenters. The lowest BCUT2D eigenvalue weighted by molar-refractivity contribution is -0.139. The summed E-state index contributed by atoms with van der Waals surface area (Å²) in [5.41, 5.74) is 5.45. The van der Waals surface area contributed by atoms with Crippen molar-refractivity contribution in [2.24, 2.45) is 5.73 Å². The van der Waals surface area contributed by atoms with Crippen molar-refractivity contribution in [2.75, 3.05) is 0 Å². The van der Waals surface area contributed by atoms with E-state index < -0.39 is 17.9 Å². The van der Waals surface area contributed by atoms with E-state index in [0.717, 1.165) is 5.76 Å². The number of furan rings is 1. The van der Waals surface area contributed by atoms with Gasteiger partial charge in [-0.15, -0.1) is 0 Å². The van der Waals surface area contributed by atoms with E-state index in [4.69, 9.17) is 15.3 Å². The molecule has 0 bridgehead atoms. The molecule has 4 N–H and O–H groups in total. The van der Waals surface area contributed by atoms with E-state index in [1.54, 1.807) is 12.3 Å². The predicted octanol–water partition coefficient (Wildman–Crippen LogP) is 0.519. The van der Waals surface area contributed by atoms with Gasteiger partial charge in [0.1, 0.15) is 5.76 Å². The lowest BCUT2D eigenvalue weighted by atomic mass is 10.1. The Morgan fingerprint density at radius 2 is 2.28 bits per heavy atom. The molecule has 1 rings (SSSR count). The van der Waals surface area contributed by atoms with E-state index in [9.17, 15) is 9.59 Å². The summed E-state index contributed by atoms with van der Waals surface area (Å²) >= 11 is 0. The summed E-state index contributed by atoms with van der Waals surface area (Å²) in [6.07, 6.45) is 2.65. The lowest BCUT2D eigenvalue weighted by Gasteiger charge is -2.16. The number of hydrogen-bond donors (Lipinski definition) is 3. The molecule has 18 heavy (non-hydrogen) atoms. The highest BCUT2D eigenvalue weighted by atomic mass is 16.4. The Morgan fingerprint density at radius 1 is 1.56 bits per heavy atom. The summed E-state index contributed by atoms with van der Waals surface area (Å²) in [4.78, 5) is 21.9. The number of amides is 1. The maximum Gasteiger partial charge on any atom is 0.305 e. The Morgan fingerprint density at radius 3 is 2.83 bits per heavy atom. The molecule has 1 heterocycles. The molecule has 0 saturated heterocycles. The number of carbonyl (C=O) groups is 2. The molecule has 0 spiro atoms. The molecule has 1 aromatic heterocycles. The Labute approximate surface area is 105 Å². The highest BCUT2D eigenvalue weighted by Gasteiger charge is 2.18. The molecule has 0 radical (unpaired) electrons. The van der Waals surface area contributed by atoms with Gasteiger partial charge in [0.05, 0.1) is 18.7 Å². The molecule has 1 amide bonds. The van der Waals surface area contributed by atoms with Gasteiger partial charge in [-0.25, -0.2) is 0 Å². The molecule has 1 aromatic rings. The van der Waals surface area contributed by atoms with Gasteiger partial charge in [0.2, 0.25) is 5.91 Å². The Hall–Kier alpha value is -1.82. The number of carbonyl (C=O) groups excluding carboxylic acids is 1. The average molecular weight is 254 g/mol. The number of nitrogens with one attached hydrogen (secondary N) is 1. The van der Waals surface area contributed by atoms with Gasteiger partial charge < -0.3 is 20.6 Å². The molecule has 100 valence electrons. The SMILES string of the molecule is CC(CCc1ccco1)NC(=O)C(N)CC(=O)O. The third kappa shape index (κ3) is 5.01. The van der Waals surface area contributed by atoms with E-state index in [1.807, 2.05) is 13.0 Å². The highest BCUT2D eigenvalue weighted by Crippen LogP contribution is 2.05. The molecule has 0 saturated carbocycles. The van der Waals surface area contributed by atoms with Gasteiger partial charge >= 0.3 is 5.97 Å². The van der Waals surface area contributed by atoms with Crippen LogP contribution in [0.1, 0.15) is 25.5 Å². The van der Waals surface area contributed by atoms with Crippen LogP contribution < -0.4 is 11.1 Å². The summed E-state index contributed by atoms with van der Waals surface area (Å²) in [7, 11) is 0. The maximum absolute atomic E-state index is 11.5. The number of carboxylic acid groups (broad SMARTS) is 1. The molecule has 0 aliphatic heterocycles. The number of aryl methyl sites for hydroxylation is 1. The molecule has 0 aliphatic rings. The zero-order valence-electron chi connectivity index (χ0n) is 10.3. The summed E-state index contributed by atoms with van der Waals surface area (Å²) in [5, 5.41) is 11.2. The first-order valence-corrected chi connectivity index (χ1v) is 5.79. The van der Waals surface area contributed by atoms with E-state index in [0.29, 0.717) is 12.8 Å². The second-order valence-corrected chi connectivity index (χ2v) is 4.23. The van der Waals surface area contributed by atoms with Gasteiger partial charge in [0.15, 0.2) is 0 Å². The van der Waals surface area contributed by atoms with Gasteiger partial charge in [-0.3, -0.25) is 9.59 Å². The monoisotopic (exact) mass is 254 g/mol. The zero-order valence-corrected chi connectivity index (χ0v) is 10.3. The van der Waals surface area contributed by atoms with Crippen LogP contribution in [-0.2, 0) is 16.0 Å². The zero-order chi connectivity index (χ0) is 13.5. The van der Waals surface area contributed by atoms with Crippen LogP contribution in [0.25, 0.3) is 0 Å². The first-order chi connectivity index (χ1) is 8.49. The van der Waals surface area contributed by atoms with Crippen LogP contribution in [0.15, 0.2) is 22.8 Å². The minimum atomic E-state index is -1.08. The van der Waals surface area contributed by atoms with E-state index >= 15 is 0 Å². The number of hydrogen-bond acceptors (Lipinski definition) is 4. The van der Waals surface area contributed by atoms with Crippen molar-refractivity contribution >= 4 is 11.9 Å². The number of carboxylic acids is 1. The van der Waals surface area contributed by atoms with Crippen molar-refractivity contribution in [1.29, 1.82) is 0 Å². The van der Waals surface area contributed by atoms with Gasteiger partial charge in [-0.1, -0.05) is 0 Å². The summed E-state index contributed by atoms with van der Waals surface area (Å²) in [6.45, 7) is 1.84. The van der Waals surface area contributed by atoms with Crippen LogP contribution >= 0.6 is 0 Å². The van der Waals surface area contributed by atoms with Gasteiger partial charge in [-0.2, -0.15) is 0 Å². The topological polar surface area (TPSA) is 106 Å². The Bertz CT molecular complexity index is 389. The van der Waals surface area contributed by atoms with Crippen LogP contribution in [0.5, 0.6) is 0 Å². The summed E-state index contributed by atoms with van der Waals surface area (Å²) in [6, 6.07) is 2.59. The second kappa shape index (κ2) is 6.80. The predicted molar refractivity (Wildman–Crippen MR) is 64.9 cm³/mol. The van der Waals surface area contributed by atoms with Crippen LogP contribution in [-0.4, -0.2) is 29.1 Å². The maximum atomic E-state index is 11.5. The van der Waals surface area contributed by atoms with Crippen LogP contribution in [0.2, 0.25) is 0 Å². The van der Waals surface area contributed by atoms with Gasteiger partial charge in [0.25, 0.3) is 0 Å². The number of rotatable bonds is 7. The first-order valence-electron chi connectivity index (χ1n) is 5.79. The molecule has 2 atom stereocenters. The second-order valence-electron chi connectivity index (χ2n) is 4.23. The van der Waals surface area contributed by atoms with E-state index in [-0.39, 0.29) is 12.5 Å². The van der Waals surface area contributed by atoms with Crippen molar-refractivity contribution in [3.63, 3.8) is 0 Å². The number of nitrogens with two attached hydrogens (primary N) is 1. The molecular formula is C12H18N2O4. The smallest absolute Gasteiger partial charge is 0.305 e. The third-order valence-electron chi connectivity index (χ3n) is 2.52. The largest absolute Gasteiger partial charge is 0.481 e. The fourth-order valence-corrected chi connectivity index (χ4v) is 1.52. The Balaban J connectivity index is 2.28. The minimum Gasteiger partial charge on any atom is -0.481 e. The number of aliphatic carboxylic acids is 1. The standard InChI is InChI=1S/C12H18N2O4/c1-8(4-5-9-3-2-6-18-9)14-12(17)10(13)7-11(15)16/h2-3,6,8,10H,4-5,7,13H2,1H3,(H,14,17)(H,15,16). The van der Waals surface area contributed by atoms with Crippen LogP contribution in [0.4, 0.5) is 0 Å². The normalized spacial score (nSPS) is 13.9. The van der Waals surface area contributed by atoms with Crippen molar-refractivity contribution in [2.45, 2.75) is 38.3 Å². The van der Waals surface area contributed by atoms with E-state index in [1.165, 1.54) is 0 Å². The van der Waals surface area contributed by atoms with Crippen molar-refractivity contribution in [1.82, 2.24) is 5.32 Å². The summed E-state index contributed by atoms with van der Waals surface area (Å²) < 4.78 is 5.17. The quantitative estimate of drug-likeness (QED) is 0.657. The highest BCUT2D eigenvalue weighted by molar-refractivity contribution is 5.86. The van der Waals surface area contributed by atoms with Gasteiger partial charge in [-0.05, 0) is 25.5 Å². The fourth-order valence-electron chi connectivity index (χ4n) is 1.52. The fraction of sp³-hybridized carbons (Fsp3) is 0.500. The molecule has 6 heteroatoms. The first kappa shape index (κ1) is 14.2. The average Bonchev–Trinajstić information content (AvgIpc) is 2.78. The van der Waals surface area contributed by atoms with Crippen molar-refractivity contribution in [3.05, 3.63) is 24.2 Å². The van der Waals surface area contributed by atoms with E-state index in [2.05, 4.69) is 5.32 Å². The third-order valence-corrected chi connectivity index (χ3v) is 2.52. The Kier molecular flexibility index (Phi) is 5.38. The van der Waals surface area contributed by atoms with Crippen LogP contribution in [0, 0.1) is 0 Å². The molecule has 6 nitrogen and oxygen atoms in total. The minimum absolute atomic E-state index is 0.0811. The summed E-state index contributed by atoms with van der Waals surface area (Å²) in [5.74, 6) is -0.670. The van der Waals surface area contributed by atoms with Crippen molar-refractivity contribution < 1.29 is 19.1 Å². The molecule has 0 aromatic carbocycles. The molecule has 0 fully saturated rings. The van der Waals surface area contributed by atoms with Crippen molar-refractivity contribution in [3.8, 4) is 0 Å². The van der Waals surface area contributed by atoms with Crippen LogP contribution in [0.3, 0.4) is 0 Å². The van der Waals surface area contributed by atoms with Gasteiger partial charge in [0, 0.05) is 12.5 Å². The lowest BCUT2D eigenvalue weighted by Crippen LogP contribution is -2.45. The molecular weight excluding hydrogens is 236 g/mol. The molecule has 0 aliphatic carbocycles.